The Labute approximate surface area is 177 Å². The summed E-state index contributed by atoms with van der Waals surface area (Å²) in [5.41, 5.74) is 2.82. The minimum absolute atomic E-state index is 0.118. The maximum Gasteiger partial charge on any atom is 0.312 e. The van der Waals surface area contributed by atoms with E-state index in [1.54, 1.807) is 31.4 Å². The summed E-state index contributed by atoms with van der Waals surface area (Å²) in [6, 6.07) is 17.1. The van der Waals surface area contributed by atoms with Crippen LogP contribution in [0, 0.1) is 0 Å². The Morgan fingerprint density at radius 3 is 2.42 bits per heavy atom. The van der Waals surface area contributed by atoms with E-state index in [2.05, 4.69) is 0 Å². The first-order valence-electron chi connectivity index (χ1n) is 9.77. The van der Waals surface area contributed by atoms with Gasteiger partial charge >= 0.3 is 5.97 Å². The molecule has 0 radical (unpaired) electrons. The lowest BCUT2D eigenvalue weighted by atomic mass is 9.85. The molecule has 1 atom stereocenters. The Morgan fingerprint density at radius 2 is 1.71 bits per heavy atom. The standard InChI is InChI=1S/C25H18O6/c1-29-17-8-4-14(5-9-17)19-12-22(27)31-21-11-10-18-24(28)20(13-30-25(18)23(19)21)15-2-6-16(26)7-3-15/h2-11,13,19,26H,12H2,1H3. The highest BCUT2D eigenvalue weighted by molar-refractivity contribution is 5.90. The Hall–Kier alpha value is -4.06. The predicted molar refractivity (Wildman–Crippen MR) is 115 cm³/mol. The van der Waals surface area contributed by atoms with Crippen LogP contribution in [0.15, 0.2) is 76.1 Å². The van der Waals surface area contributed by atoms with Crippen LogP contribution >= 0.6 is 0 Å². The monoisotopic (exact) mass is 414 g/mol. The molecule has 4 aromatic rings. The number of esters is 1. The van der Waals surface area contributed by atoms with Gasteiger partial charge in [-0.15, -0.1) is 0 Å². The molecule has 0 amide bonds. The van der Waals surface area contributed by atoms with E-state index >= 15 is 0 Å². The Bertz CT molecular complexity index is 1350. The first kappa shape index (κ1) is 18.9. The molecule has 2 heterocycles. The molecule has 0 aliphatic carbocycles. The molecule has 1 N–H and O–H groups in total. The normalized spacial score (nSPS) is 15.4. The molecule has 31 heavy (non-hydrogen) atoms. The van der Waals surface area contributed by atoms with Crippen molar-refractivity contribution in [2.45, 2.75) is 12.3 Å². The third kappa shape index (κ3) is 3.22. The minimum Gasteiger partial charge on any atom is -0.508 e. The minimum atomic E-state index is -0.337. The van der Waals surface area contributed by atoms with Crippen LogP contribution in [0.1, 0.15) is 23.5 Å². The average molecular weight is 414 g/mol. The van der Waals surface area contributed by atoms with Crippen molar-refractivity contribution in [2.24, 2.45) is 0 Å². The van der Waals surface area contributed by atoms with E-state index in [9.17, 15) is 14.7 Å². The lowest BCUT2D eigenvalue weighted by molar-refractivity contribution is -0.135. The van der Waals surface area contributed by atoms with Gasteiger partial charge in [-0.25, -0.2) is 0 Å². The highest BCUT2D eigenvalue weighted by atomic mass is 16.5. The number of fused-ring (bicyclic) bond motifs is 3. The molecule has 0 bridgehead atoms. The molecule has 154 valence electrons. The predicted octanol–water partition coefficient (Wildman–Crippen LogP) is 4.62. The molecule has 0 fully saturated rings. The van der Waals surface area contributed by atoms with Gasteiger partial charge in [-0.05, 0) is 47.5 Å². The number of hydrogen-bond donors (Lipinski definition) is 1. The van der Waals surface area contributed by atoms with Gasteiger partial charge in [0.05, 0.1) is 24.5 Å². The van der Waals surface area contributed by atoms with Crippen molar-refractivity contribution in [3.63, 3.8) is 0 Å². The van der Waals surface area contributed by atoms with Crippen LogP contribution in [0.5, 0.6) is 17.2 Å². The lowest BCUT2D eigenvalue weighted by Gasteiger charge is -2.25. The second-order valence-electron chi connectivity index (χ2n) is 7.38. The summed E-state index contributed by atoms with van der Waals surface area (Å²) in [4.78, 5) is 25.5. The lowest BCUT2D eigenvalue weighted by Crippen LogP contribution is -2.22. The van der Waals surface area contributed by atoms with Crippen LogP contribution in [0.2, 0.25) is 0 Å². The van der Waals surface area contributed by atoms with Crippen molar-refractivity contribution in [2.75, 3.05) is 7.11 Å². The van der Waals surface area contributed by atoms with Gasteiger partial charge < -0.3 is 19.0 Å². The number of phenolic OH excluding ortho intramolecular Hbond substituents is 1. The SMILES string of the molecule is COc1ccc(C2CC(=O)Oc3ccc4c(=O)c(-c5ccc(O)cc5)coc4c32)cc1. The number of benzene rings is 3. The molecule has 0 spiro atoms. The van der Waals surface area contributed by atoms with Crippen molar-refractivity contribution < 1.29 is 23.8 Å². The quantitative estimate of drug-likeness (QED) is 0.389. The van der Waals surface area contributed by atoms with Crippen LogP contribution in [0.3, 0.4) is 0 Å². The maximum atomic E-state index is 13.2. The number of carbonyl (C=O) groups is 1. The van der Waals surface area contributed by atoms with Crippen molar-refractivity contribution in [1.82, 2.24) is 0 Å². The molecular formula is C25H18O6. The summed E-state index contributed by atoms with van der Waals surface area (Å²) in [5, 5.41) is 9.92. The van der Waals surface area contributed by atoms with Gasteiger partial charge in [0, 0.05) is 11.5 Å². The van der Waals surface area contributed by atoms with E-state index in [-0.39, 0.29) is 29.5 Å². The first-order chi connectivity index (χ1) is 15.0. The fourth-order valence-electron chi connectivity index (χ4n) is 4.02. The van der Waals surface area contributed by atoms with Crippen molar-refractivity contribution >= 4 is 16.9 Å². The zero-order valence-electron chi connectivity index (χ0n) is 16.6. The fraction of sp³-hybridized carbons (Fsp3) is 0.120. The molecule has 5 rings (SSSR count). The number of rotatable bonds is 3. The number of phenols is 1. The number of ether oxygens (including phenoxy) is 2. The van der Waals surface area contributed by atoms with Gasteiger partial charge in [0.25, 0.3) is 0 Å². The smallest absolute Gasteiger partial charge is 0.312 e. The molecule has 1 aromatic heterocycles. The fourth-order valence-corrected chi connectivity index (χ4v) is 4.02. The molecule has 0 saturated heterocycles. The number of aromatic hydroxyl groups is 1. The summed E-state index contributed by atoms with van der Waals surface area (Å²) in [7, 11) is 1.59. The molecule has 1 aliphatic rings. The topological polar surface area (TPSA) is 86.0 Å². The van der Waals surface area contributed by atoms with Gasteiger partial charge in [0.15, 0.2) is 0 Å². The van der Waals surface area contributed by atoms with Crippen LogP contribution in [-0.2, 0) is 4.79 Å². The van der Waals surface area contributed by atoms with Crippen molar-refractivity contribution in [3.05, 3.63) is 88.3 Å². The second kappa shape index (κ2) is 7.32. The summed E-state index contributed by atoms with van der Waals surface area (Å²) in [6.07, 6.45) is 1.56. The number of hydrogen-bond acceptors (Lipinski definition) is 6. The van der Waals surface area contributed by atoms with Gasteiger partial charge in [0.1, 0.15) is 29.1 Å². The third-order valence-corrected chi connectivity index (χ3v) is 5.58. The highest BCUT2D eigenvalue weighted by Crippen LogP contribution is 2.43. The Morgan fingerprint density at radius 1 is 0.968 bits per heavy atom. The van der Waals surface area contributed by atoms with Crippen LogP contribution < -0.4 is 14.9 Å². The van der Waals surface area contributed by atoms with E-state index in [1.165, 1.54) is 18.4 Å². The Kier molecular flexibility index (Phi) is 4.47. The second-order valence-corrected chi connectivity index (χ2v) is 7.38. The zero-order valence-corrected chi connectivity index (χ0v) is 16.6. The molecule has 1 aliphatic heterocycles. The number of carbonyl (C=O) groups excluding carboxylic acids is 1. The maximum absolute atomic E-state index is 13.2. The number of methoxy groups -OCH3 is 1. The van der Waals surface area contributed by atoms with Gasteiger partial charge in [-0.1, -0.05) is 24.3 Å². The third-order valence-electron chi connectivity index (χ3n) is 5.58. The molecule has 1 unspecified atom stereocenters. The van der Waals surface area contributed by atoms with E-state index in [4.69, 9.17) is 13.9 Å². The van der Waals surface area contributed by atoms with Crippen LogP contribution in [0.4, 0.5) is 0 Å². The molecule has 0 saturated carbocycles. The average Bonchev–Trinajstić information content (AvgIpc) is 2.79. The van der Waals surface area contributed by atoms with Crippen LogP contribution in [-0.4, -0.2) is 18.2 Å². The van der Waals surface area contributed by atoms with Gasteiger partial charge in [-0.2, -0.15) is 0 Å². The first-order valence-corrected chi connectivity index (χ1v) is 9.77. The molecule has 6 heteroatoms. The van der Waals surface area contributed by atoms with E-state index in [0.717, 1.165) is 5.56 Å². The Balaban J connectivity index is 1.70. The van der Waals surface area contributed by atoms with Crippen LogP contribution in [0.25, 0.3) is 22.1 Å². The highest BCUT2D eigenvalue weighted by Gasteiger charge is 2.32. The molecule has 6 nitrogen and oxygen atoms in total. The van der Waals surface area contributed by atoms with Gasteiger partial charge in [0.2, 0.25) is 5.43 Å². The van der Waals surface area contributed by atoms with Gasteiger partial charge in [-0.3, -0.25) is 9.59 Å². The van der Waals surface area contributed by atoms with E-state index in [0.29, 0.717) is 39.2 Å². The van der Waals surface area contributed by atoms with E-state index < -0.39 is 0 Å². The summed E-state index contributed by atoms with van der Waals surface area (Å²) >= 11 is 0. The van der Waals surface area contributed by atoms with E-state index in [1.807, 2.05) is 24.3 Å². The summed E-state index contributed by atoms with van der Waals surface area (Å²) < 4.78 is 16.6. The van der Waals surface area contributed by atoms with Crippen molar-refractivity contribution in [1.29, 1.82) is 0 Å². The zero-order chi connectivity index (χ0) is 21.5. The molecule has 3 aromatic carbocycles. The van der Waals surface area contributed by atoms with Crippen molar-refractivity contribution in [3.8, 4) is 28.4 Å². The summed E-state index contributed by atoms with van der Waals surface area (Å²) in [6.45, 7) is 0. The molecular weight excluding hydrogens is 396 g/mol. The largest absolute Gasteiger partial charge is 0.508 e. The summed E-state index contributed by atoms with van der Waals surface area (Å²) in [5.74, 6) is 0.576.